The fourth-order valence-electron chi connectivity index (χ4n) is 7.49. The van der Waals surface area contributed by atoms with Crippen LogP contribution in [0, 0.1) is 34.5 Å². The van der Waals surface area contributed by atoms with E-state index in [-0.39, 0.29) is 11.0 Å². The van der Waals surface area contributed by atoms with Crippen LogP contribution in [0.15, 0.2) is 0 Å². The Bertz CT molecular complexity index is 500. The smallest absolute Gasteiger partial charge is 0.139 e. The van der Waals surface area contributed by atoms with E-state index in [9.17, 15) is 9.90 Å². The first-order valence-electron chi connectivity index (χ1n) is 8.77. The average molecular weight is 274 g/mol. The first-order valence-corrected chi connectivity index (χ1v) is 8.77. The van der Waals surface area contributed by atoms with Crippen molar-refractivity contribution in [2.75, 3.05) is 0 Å². The Morgan fingerprint density at radius 2 is 1.90 bits per heavy atom. The second-order valence-corrected chi connectivity index (χ2v) is 8.85. The Morgan fingerprint density at radius 3 is 2.70 bits per heavy atom. The third kappa shape index (κ3) is 1.10. The molecule has 0 amide bonds. The summed E-state index contributed by atoms with van der Waals surface area (Å²) in [5.74, 6) is 3.08. The van der Waals surface area contributed by atoms with Gasteiger partial charge in [-0.3, -0.25) is 4.79 Å². The lowest BCUT2D eigenvalue weighted by Gasteiger charge is -2.56. The topological polar surface area (TPSA) is 37.3 Å². The van der Waals surface area contributed by atoms with Crippen molar-refractivity contribution in [1.29, 1.82) is 0 Å². The van der Waals surface area contributed by atoms with E-state index in [1.54, 1.807) is 0 Å². The van der Waals surface area contributed by atoms with E-state index < -0.39 is 0 Å². The molecule has 7 atom stereocenters. The van der Waals surface area contributed by atoms with Crippen LogP contribution < -0.4 is 0 Å². The van der Waals surface area contributed by atoms with E-state index in [0.717, 1.165) is 38.0 Å². The molecule has 110 valence electrons. The predicted octanol–water partition coefficient (Wildman–Crippen LogP) is 3.32. The number of Topliss-reactive ketones (excluding diaryl/α,β-unsaturated/α-hetero) is 1. The van der Waals surface area contributed by atoms with Crippen molar-refractivity contribution in [1.82, 2.24) is 0 Å². The number of carbonyl (C=O) groups is 1. The Morgan fingerprint density at radius 1 is 1.05 bits per heavy atom. The number of hydrogen-bond acceptors (Lipinski definition) is 2. The molecule has 0 aliphatic heterocycles. The lowest BCUT2D eigenvalue weighted by atomic mass is 9.50. The fourth-order valence-corrected chi connectivity index (χ4v) is 7.49. The number of hydrogen-bond donors (Lipinski definition) is 1. The maximum absolute atomic E-state index is 12.3. The molecule has 7 unspecified atom stereocenters. The van der Waals surface area contributed by atoms with Gasteiger partial charge >= 0.3 is 0 Å². The summed E-state index contributed by atoms with van der Waals surface area (Å²) in [5, 5.41) is 11.5. The Labute approximate surface area is 121 Å². The summed E-state index contributed by atoms with van der Waals surface area (Å²) in [4.78, 5) is 12.3. The number of rotatable bonds is 0. The predicted molar refractivity (Wildman–Crippen MR) is 76.0 cm³/mol. The second kappa shape index (κ2) is 3.34. The quantitative estimate of drug-likeness (QED) is 0.735. The molecule has 0 bridgehead atoms. The van der Waals surface area contributed by atoms with Crippen LogP contribution in [0.3, 0.4) is 0 Å². The van der Waals surface area contributed by atoms with E-state index in [0.29, 0.717) is 29.0 Å². The Kier molecular flexibility index (Phi) is 2.04. The van der Waals surface area contributed by atoms with E-state index in [1.165, 1.54) is 25.7 Å². The van der Waals surface area contributed by atoms with Crippen molar-refractivity contribution in [2.24, 2.45) is 34.5 Å². The van der Waals surface area contributed by atoms with Gasteiger partial charge in [-0.2, -0.15) is 0 Å². The van der Waals surface area contributed by atoms with Crippen LogP contribution in [0.25, 0.3) is 0 Å². The van der Waals surface area contributed by atoms with Crippen molar-refractivity contribution in [3.05, 3.63) is 0 Å². The van der Waals surface area contributed by atoms with Crippen molar-refractivity contribution in [3.63, 3.8) is 0 Å². The summed E-state index contributed by atoms with van der Waals surface area (Å²) in [6.45, 7) is 2.23. The number of fused-ring (bicyclic) bond motifs is 4. The van der Waals surface area contributed by atoms with Gasteiger partial charge in [-0.25, -0.2) is 0 Å². The van der Waals surface area contributed by atoms with Gasteiger partial charge < -0.3 is 5.11 Å². The first kappa shape index (κ1) is 12.2. The van der Waals surface area contributed by atoms with Gasteiger partial charge in [-0.1, -0.05) is 6.92 Å². The molecule has 5 rings (SSSR count). The molecule has 1 spiro atoms. The van der Waals surface area contributed by atoms with Crippen molar-refractivity contribution < 1.29 is 9.90 Å². The first-order chi connectivity index (χ1) is 9.51. The minimum Gasteiger partial charge on any atom is -0.389 e. The van der Waals surface area contributed by atoms with Gasteiger partial charge in [0.25, 0.3) is 0 Å². The van der Waals surface area contributed by atoms with Crippen LogP contribution in [0.2, 0.25) is 0 Å². The van der Waals surface area contributed by atoms with Crippen LogP contribution in [0.5, 0.6) is 0 Å². The molecule has 5 aliphatic carbocycles. The molecule has 0 aromatic rings. The highest BCUT2D eigenvalue weighted by molar-refractivity contribution is 5.87. The maximum Gasteiger partial charge on any atom is 0.139 e. The summed E-state index contributed by atoms with van der Waals surface area (Å²) in [7, 11) is 0. The Hall–Kier alpha value is -0.370. The monoisotopic (exact) mass is 274 g/mol. The van der Waals surface area contributed by atoms with Crippen LogP contribution in [0.1, 0.15) is 64.7 Å². The molecule has 2 nitrogen and oxygen atoms in total. The minimum absolute atomic E-state index is 0.0381. The van der Waals surface area contributed by atoms with Crippen LogP contribution in [0.4, 0.5) is 0 Å². The molecule has 0 heterocycles. The van der Waals surface area contributed by atoms with Gasteiger partial charge in [0.2, 0.25) is 0 Å². The standard InChI is InChI=1S/C18H26O2/c1-16-7-6-14-12(13(16)2-3-15(16)19)5-8-17-10-11(17)4-9-18(14,17)20/h11-14,20H,2-10H2,1H3. The van der Waals surface area contributed by atoms with Crippen molar-refractivity contribution >= 4 is 5.78 Å². The third-order valence-corrected chi connectivity index (χ3v) is 8.65. The van der Waals surface area contributed by atoms with Crippen molar-refractivity contribution in [3.8, 4) is 0 Å². The molecular weight excluding hydrogens is 248 g/mol. The average Bonchev–Trinajstić information content (AvgIpc) is 2.96. The van der Waals surface area contributed by atoms with E-state index in [4.69, 9.17) is 0 Å². The second-order valence-electron chi connectivity index (χ2n) is 8.85. The summed E-state index contributed by atoms with van der Waals surface area (Å²) < 4.78 is 0. The molecular formula is C18H26O2. The largest absolute Gasteiger partial charge is 0.389 e. The molecule has 5 saturated carbocycles. The molecule has 5 aliphatic rings. The van der Waals surface area contributed by atoms with Crippen molar-refractivity contribution in [2.45, 2.75) is 70.3 Å². The van der Waals surface area contributed by atoms with Crippen LogP contribution in [-0.2, 0) is 4.79 Å². The molecule has 2 heteroatoms. The summed E-state index contributed by atoms with van der Waals surface area (Å²) >= 11 is 0. The normalized spacial score (nSPS) is 63.4. The summed E-state index contributed by atoms with van der Waals surface area (Å²) in [6.07, 6.45) is 10.2. The Balaban J connectivity index is 1.54. The third-order valence-electron chi connectivity index (χ3n) is 8.65. The van der Waals surface area contributed by atoms with Crippen LogP contribution in [-0.4, -0.2) is 16.5 Å². The zero-order chi connectivity index (χ0) is 13.8. The van der Waals surface area contributed by atoms with Gasteiger partial charge in [0.05, 0.1) is 5.60 Å². The number of aliphatic hydroxyl groups is 1. The minimum atomic E-state index is -0.354. The molecule has 1 N–H and O–H groups in total. The van der Waals surface area contributed by atoms with Gasteiger partial charge in [-0.15, -0.1) is 0 Å². The van der Waals surface area contributed by atoms with E-state index in [2.05, 4.69) is 6.92 Å². The summed E-state index contributed by atoms with van der Waals surface area (Å²) in [5.41, 5.74) is -0.0678. The highest BCUT2D eigenvalue weighted by Crippen LogP contribution is 2.77. The zero-order valence-corrected chi connectivity index (χ0v) is 12.5. The molecule has 5 fully saturated rings. The highest BCUT2D eigenvalue weighted by atomic mass is 16.3. The number of ketones is 1. The van der Waals surface area contributed by atoms with Gasteiger partial charge in [0.1, 0.15) is 5.78 Å². The molecule has 0 aromatic carbocycles. The molecule has 0 aromatic heterocycles. The molecule has 0 radical (unpaired) electrons. The highest BCUT2D eigenvalue weighted by Gasteiger charge is 2.75. The maximum atomic E-state index is 12.3. The lowest BCUT2D eigenvalue weighted by Crippen LogP contribution is -2.57. The van der Waals surface area contributed by atoms with Gasteiger partial charge in [-0.05, 0) is 75.0 Å². The SMILES string of the molecule is CC12CCC3C(CCC45CC4CCC35O)C1CCC2=O. The van der Waals surface area contributed by atoms with E-state index >= 15 is 0 Å². The molecule has 0 saturated heterocycles. The zero-order valence-electron chi connectivity index (χ0n) is 12.5. The number of carbonyl (C=O) groups excluding carboxylic acids is 1. The van der Waals surface area contributed by atoms with E-state index in [1.807, 2.05) is 0 Å². The molecule has 20 heavy (non-hydrogen) atoms. The fraction of sp³-hybridized carbons (Fsp3) is 0.944. The van der Waals surface area contributed by atoms with Gasteiger partial charge in [0, 0.05) is 17.3 Å². The van der Waals surface area contributed by atoms with Crippen LogP contribution >= 0.6 is 0 Å². The summed E-state index contributed by atoms with van der Waals surface area (Å²) in [6, 6.07) is 0. The van der Waals surface area contributed by atoms with Gasteiger partial charge in [0.15, 0.2) is 0 Å². The lowest BCUT2D eigenvalue weighted by molar-refractivity contribution is -0.165.